The minimum Gasteiger partial charge on any atom is -0.359 e. The number of piperidine rings is 1. The largest absolute Gasteiger partial charge is 0.359 e. The molecule has 150 valence electrons. The van der Waals surface area contributed by atoms with Gasteiger partial charge < -0.3 is 14.8 Å². The number of likely N-dealkylation sites (tertiary alicyclic amines) is 1. The van der Waals surface area contributed by atoms with Gasteiger partial charge in [-0.3, -0.25) is 4.79 Å². The van der Waals surface area contributed by atoms with Gasteiger partial charge in [-0.2, -0.15) is 4.31 Å². The summed E-state index contributed by atoms with van der Waals surface area (Å²) in [6.45, 7) is 2.72. The number of aryl methyl sites for hydroxylation is 1. The molecule has 3 heterocycles. The Bertz CT molecular complexity index is 843. The van der Waals surface area contributed by atoms with Crippen molar-refractivity contribution in [2.45, 2.75) is 30.7 Å². The van der Waals surface area contributed by atoms with Crippen molar-refractivity contribution < 1.29 is 13.2 Å². The van der Waals surface area contributed by atoms with Crippen molar-refractivity contribution in [2.75, 3.05) is 40.3 Å². The van der Waals surface area contributed by atoms with Crippen LogP contribution in [-0.4, -0.2) is 73.4 Å². The average Bonchev–Trinajstić information content (AvgIpc) is 3.30. The zero-order chi connectivity index (χ0) is 19.4. The number of amides is 1. The minimum atomic E-state index is -3.54. The quantitative estimate of drug-likeness (QED) is 0.794. The van der Waals surface area contributed by atoms with Crippen LogP contribution in [-0.2, 0) is 21.9 Å². The number of nitrogens with zero attached hydrogens (tertiary/aromatic N) is 4. The molecule has 2 aliphatic heterocycles. The second-order valence-electron chi connectivity index (χ2n) is 8.63. The lowest BCUT2D eigenvalue weighted by molar-refractivity contribution is -0.132. The van der Waals surface area contributed by atoms with Crippen molar-refractivity contribution in [3.8, 4) is 0 Å². The molecule has 9 heteroatoms. The molecule has 1 amide bonds. The maximum absolute atomic E-state index is 12.9. The van der Waals surface area contributed by atoms with Gasteiger partial charge in [0.15, 0.2) is 5.03 Å². The molecule has 3 fully saturated rings. The van der Waals surface area contributed by atoms with Gasteiger partial charge >= 0.3 is 0 Å². The van der Waals surface area contributed by atoms with Crippen LogP contribution < -0.4 is 5.32 Å². The second kappa shape index (κ2) is 6.28. The first-order valence-corrected chi connectivity index (χ1v) is 11.1. The standard InChI is InChI=1S/C18H29N5O3S/c1-19-16(24)18-5-4-17(14(18)10-21(2)12-18)6-8-23(9-7-17)27(25,26)15-11-22(3)13-20-15/h11,13-14H,4-10,12H2,1-3H3,(H,19,24)/t14-,18+/m0/s1. The van der Waals surface area contributed by atoms with E-state index in [1.807, 2.05) is 0 Å². The van der Waals surface area contributed by atoms with Crippen molar-refractivity contribution in [3.05, 3.63) is 12.5 Å². The molecule has 1 aromatic rings. The van der Waals surface area contributed by atoms with Gasteiger partial charge in [0.1, 0.15) is 0 Å². The molecule has 2 atom stereocenters. The van der Waals surface area contributed by atoms with E-state index in [9.17, 15) is 13.2 Å². The van der Waals surface area contributed by atoms with Crippen LogP contribution in [0.5, 0.6) is 0 Å². The summed E-state index contributed by atoms with van der Waals surface area (Å²) in [7, 11) is 2.03. The van der Waals surface area contributed by atoms with Gasteiger partial charge in [-0.1, -0.05) is 0 Å². The first kappa shape index (κ1) is 18.9. The molecule has 1 aromatic heterocycles. The number of aromatic nitrogens is 2. The Balaban J connectivity index is 1.54. The third-order valence-electron chi connectivity index (χ3n) is 7.20. The molecule has 27 heavy (non-hydrogen) atoms. The Labute approximate surface area is 161 Å². The molecule has 1 saturated carbocycles. The third-order valence-corrected chi connectivity index (χ3v) is 8.99. The molecular weight excluding hydrogens is 366 g/mol. The number of fused-ring (bicyclic) bond motifs is 2. The maximum atomic E-state index is 12.9. The van der Waals surface area contributed by atoms with Gasteiger partial charge in [0.25, 0.3) is 10.0 Å². The van der Waals surface area contributed by atoms with Crippen molar-refractivity contribution in [1.82, 2.24) is 24.1 Å². The Morgan fingerprint density at radius 2 is 1.93 bits per heavy atom. The molecule has 3 aliphatic rings. The van der Waals surface area contributed by atoms with Crippen LogP contribution in [0.3, 0.4) is 0 Å². The Kier molecular flexibility index (Phi) is 4.40. The summed E-state index contributed by atoms with van der Waals surface area (Å²) in [6.07, 6.45) is 6.61. The number of imidazole rings is 1. The van der Waals surface area contributed by atoms with E-state index in [-0.39, 0.29) is 21.8 Å². The van der Waals surface area contributed by atoms with E-state index in [0.29, 0.717) is 19.0 Å². The van der Waals surface area contributed by atoms with E-state index < -0.39 is 10.0 Å². The van der Waals surface area contributed by atoms with Crippen LogP contribution >= 0.6 is 0 Å². The van der Waals surface area contributed by atoms with Gasteiger partial charge in [0.2, 0.25) is 5.91 Å². The summed E-state index contributed by atoms with van der Waals surface area (Å²) >= 11 is 0. The molecule has 1 spiro atoms. The van der Waals surface area contributed by atoms with Crippen molar-refractivity contribution >= 4 is 15.9 Å². The minimum absolute atomic E-state index is 0.0629. The number of hydrogen-bond donors (Lipinski definition) is 1. The van der Waals surface area contributed by atoms with Gasteiger partial charge in [-0.05, 0) is 44.1 Å². The molecule has 1 aliphatic carbocycles. The predicted molar refractivity (Wildman–Crippen MR) is 100 cm³/mol. The molecule has 2 saturated heterocycles. The third kappa shape index (κ3) is 2.74. The first-order valence-electron chi connectivity index (χ1n) is 9.62. The predicted octanol–water partition coefficient (Wildman–Crippen LogP) is 0.279. The highest BCUT2D eigenvalue weighted by molar-refractivity contribution is 7.89. The molecular formula is C18H29N5O3S. The zero-order valence-corrected chi connectivity index (χ0v) is 17.1. The monoisotopic (exact) mass is 395 g/mol. The normalized spacial score (nSPS) is 31.3. The summed E-state index contributed by atoms with van der Waals surface area (Å²) < 4.78 is 29.0. The first-order chi connectivity index (χ1) is 12.7. The number of nitrogens with one attached hydrogen (secondary N) is 1. The SMILES string of the molecule is CNC(=O)[C@@]12CCC3(CCN(S(=O)(=O)c4cn(C)cn4)CC3)[C@@H]1CN(C)C2. The smallest absolute Gasteiger partial charge is 0.262 e. The van der Waals surface area contributed by atoms with Gasteiger partial charge in [0.05, 0.1) is 11.7 Å². The van der Waals surface area contributed by atoms with E-state index in [2.05, 4.69) is 22.2 Å². The van der Waals surface area contributed by atoms with Gasteiger partial charge in [-0.15, -0.1) is 0 Å². The number of carbonyl (C=O) groups excluding carboxylic acids is 1. The van der Waals surface area contributed by atoms with E-state index in [1.54, 1.807) is 29.2 Å². The summed E-state index contributed by atoms with van der Waals surface area (Å²) in [6, 6.07) is 0. The summed E-state index contributed by atoms with van der Waals surface area (Å²) in [5.41, 5.74) is -0.251. The van der Waals surface area contributed by atoms with E-state index in [1.165, 1.54) is 6.33 Å². The molecule has 0 aromatic carbocycles. The molecule has 4 rings (SSSR count). The van der Waals surface area contributed by atoms with E-state index in [4.69, 9.17) is 0 Å². The fraction of sp³-hybridized carbons (Fsp3) is 0.778. The van der Waals surface area contributed by atoms with E-state index in [0.717, 1.165) is 38.8 Å². The molecule has 0 radical (unpaired) electrons. The molecule has 0 unspecified atom stereocenters. The van der Waals surface area contributed by atoms with Crippen LogP contribution in [0.4, 0.5) is 0 Å². The molecule has 8 nitrogen and oxygen atoms in total. The Hall–Kier alpha value is -1.45. The lowest BCUT2D eigenvalue weighted by atomic mass is 9.66. The topological polar surface area (TPSA) is 87.5 Å². The van der Waals surface area contributed by atoms with Crippen LogP contribution in [0.1, 0.15) is 25.7 Å². The number of rotatable bonds is 3. The fourth-order valence-corrected chi connectivity index (χ4v) is 7.25. The Morgan fingerprint density at radius 1 is 1.22 bits per heavy atom. The highest BCUT2D eigenvalue weighted by Crippen LogP contribution is 2.62. The molecule has 1 N–H and O–H groups in total. The highest BCUT2D eigenvalue weighted by Gasteiger charge is 2.63. The highest BCUT2D eigenvalue weighted by atomic mass is 32.2. The fourth-order valence-electron chi connectivity index (χ4n) is 5.84. The average molecular weight is 396 g/mol. The molecule has 0 bridgehead atoms. The van der Waals surface area contributed by atoms with Crippen molar-refractivity contribution in [1.29, 1.82) is 0 Å². The van der Waals surface area contributed by atoms with Crippen LogP contribution in [0.25, 0.3) is 0 Å². The van der Waals surface area contributed by atoms with Crippen LogP contribution in [0.2, 0.25) is 0 Å². The van der Waals surface area contributed by atoms with E-state index >= 15 is 0 Å². The summed E-state index contributed by atoms with van der Waals surface area (Å²) in [4.78, 5) is 19.0. The van der Waals surface area contributed by atoms with Crippen molar-refractivity contribution in [2.24, 2.45) is 23.8 Å². The van der Waals surface area contributed by atoms with Crippen LogP contribution in [0.15, 0.2) is 17.6 Å². The van der Waals surface area contributed by atoms with Crippen LogP contribution in [0, 0.1) is 16.7 Å². The number of hydrogen-bond acceptors (Lipinski definition) is 5. The second-order valence-corrected chi connectivity index (χ2v) is 10.5. The lowest BCUT2D eigenvalue weighted by Crippen LogP contribution is -2.49. The number of carbonyl (C=O) groups is 1. The number of sulfonamides is 1. The Morgan fingerprint density at radius 3 is 2.52 bits per heavy atom. The van der Waals surface area contributed by atoms with Crippen molar-refractivity contribution in [3.63, 3.8) is 0 Å². The maximum Gasteiger partial charge on any atom is 0.262 e. The lowest BCUT2D eigenvalue weighted by Gasteiger charge is -2.43. The van der Waals surface area contributed by atoms with Gasteiger partial charge in [0, 0.05) is 46.5 Å². The summed E-state index contributed by atoms with van der Waals surface area (Å²) in [5, 5.41) is 3.00. The van der Waals surface area contributed by atoms with Gasteiger partial charge in [-0.25, -0.2) is 13.4 Å². The summed E-state index contributed by atoms with van der Waals surface area (Å²) in [5.74, 6) is 0.451. The zero-order valence-electron chi connectivity index (χ0n) is 16.3.